The summed E-state index contributed by atoms with van der Waals surface area (Å²) in [5.41, 5.74) is 0.161. The van der Waals surface area contributed by atoms with Gasteiger partial charge in [0.05, 0.1) is 10.5 Å². The molecule has 0 unspecified atom stereocenters. The van der Waals surface area contributed by atoms with E-state index in [2.05, 4.69) is 11.3 Å². The van der Waals surface area contributed by atoms with Gasteiger partial charge in [-0.2, -0.15) is 0 Å². The number of carbonyl (C=O) groups excluding carboxylic acids is 2. The first-order valence-electron chi connectivity index (χ1n) is 6.36. The van der Waals surface area contributed by atoms with Gasteiger partial charge in [-0.05, 0) is 24.3 Å². The molecule has 0 atom stereocenters. The maximum Gasteiger partial charge on any atom is 0.338 e. The third-order valence-corrected chi connectivity index (χ3v) is 4.08. The Balaban J connectivity index is 2.74. The first-order valence-corrected chi connectivity index (χ1v) is 7.84. The highest BCUT2D eigenvalue weighted by atomic mass is 32.2. The van der Waals surface area contributed by atoms with Gasteiger partial charge in [0.1, 0.15) is 0 Å². The van der Waals surface area contributed by atoms with Crippen LogP contribution >= 0.6 is 0 Å². The van der Waals surface area contributed by atoms with Crippen molar-refractivity contribution in [3.05, 3.63) is 42.5 Å². The van der Waals surface area contributed by atoms with Crippen molar-refractivity contribution in [2.24, 2.45) is 0 Å². The van der Waals surface area contributed by atoms with E-state index in [1.54, 1.807) is 14.1 Å². The molecule has 1 aromatic carbocycles. The summed E-state index contributed by atoms with van der Waals surface area (Å²) >= 11 is 0. The van der Waals surface area contributed by atoms with Gasteiger partial charge < -0.3 is 9.64 Å². The van der Waals surface area contributed by atoms with E-state index in [0.29, 0.717) is 0 Å². The SMILES string of the molecule is C=CCNS(=O)(=O)c1ccc(C(=O)OCC(=O)N(C)C)cc1. The number of benzene rings is 1. The lowest BCUT2D eigenvalue weighted by atomic mass is 10.2. The van der Waals surface area contributed by atoms with Crippen molar-refractivity contribution >= 4 is 21.9 Å². The normalized spacial score (nSPS) is 10.8. The molecule has 0 saturated carbocycles. The number of nitrogens with one attached hydrogen (secondary N) is 1. The fourth-order valence-electron chi connectivity index (χ4n) is 1.36. The van der Waals surface area contributed by atoms with E-state index in [9.17, 15) is 18.0 Å². The maximum atomic E-state index is 11.8. The number of hydrogen-bond acceptors (Lipinski definition) is 5. The summed E-state index contributed by atoms with van der Waals surface area (Å²) < 4.78 is 30.8. The Morgan fingerprint density at radius 1 is 1.27 bits per heavy atom. The average Bonchev–Trinajstić information content (AvgIpc) is 2.50. The zero-order chi connectivity index (χ0) is 16.8. The van der Waals surface area contributed by atoms with Crippen LogP contribution in [0.4, 0.5) is 0 Å². The molecule has 8 heteroatoms. The van der Waals surface area contributed by atoms with Crippen LogP contribution in [0.5, 0.6) is 0 Å². The van der Waals surface area contributed by atoms with Gasteiger partial charge in [-0.3, -0.25) is 4.79 Å². The van der Waals surface area contributed by atoms with E-state index in [1.807, 2.05) is 0 Å². The van der Waals surface area contributed by atoms with Crippen molar-refractivity contribution in [2.75, 3.05) is 27.2 Å². The second kappa shape index (κ2) is 7.71. The Morgan fingerprint density at radius 3 is 2.36 bits per heavy atom. The Morgan fingerprint density at radius 2 is 1.86 bits per heavy atom. The number of sulfonamides is 1. The van der Waals surface area contributed by atoms with Crippen LogP contribution in [0.25, 0.3) is 0 Å². The summed E-state index contributed by atoms with van der Waals surface area (Å²) in [6, 6.07) is 5.22. The molecule has 0 aromatic heterocycles. The molecule has 0 spiro atoms. The largest absolute Gasteiger partial charge is 0.452 e. The summed E-state index contributed by atoms with van der Waals surface area (Å²) in [4.78, 5) is 24.4. The van der Waals surface area contributed by atoms with Crippen molar-refractivity contribution in [2.45, 2.75) is 4.90 Å². The van der Waals surface area contributed by atoms with E-state index in [1.165, 1.54) is 35.2 Å². The van der Waals surface area contributed by atoms with Crippen LogP contribution < -0.4 is 4.72 Å². The topological polar surface area (TPSA) is 92.8 Å². The number of amides is 1. The highest BCUT2D eigenvalue weighted by Gasteiger charge is 2.15. The van der Waals surface area contributed by atoms with E-state index < -0.39 is 16.0 Å². The van der Waals surface area contributed by atoms with Crippen molar-refractivity contribution in [1.82, 2.24) is 9.62 Å². The second-order valence-corrected chi connectivity index (χ2v) is 6.30. The average molecular weight is 326 g/mol. The minimum atomic E-state index is -3.64. The predicted molar refractivity (Wildman–Crippen MR) is 80.8 cm³/mol. The molecule has 7 nitrogen and oxygen atoms in total. The minimum Gasteiger partial charge on any atom is -0.452 e. The van der Waals surface area contributed by atoms with E-state index in [0.717, 1.165) is 0 Å². The van der Waals surface area contributed by atoms with Gasteiger partial charge in [0.2, 0.25) is 10.0 Å². The Hall–Kier alpha value is -2.19. The summed E-state index contributed by atoms with van der Waals surface area (Å²) in [6.45, 7) is 3.16. The van der Waals surface area contributed by atoms with Crippen molar-refractivity contribution < 1.29 is 22.7 Å². The lowest BCUT2D eigenvalue weighted by Gasteiger charge is -2.10. The Kier molecular flexibility index (Phi) is 6.26. The lowest BCUT2D eigenvalue weighted by molar-refractivity contribution is -0.131. The van der Waals surface area contributed by atoms with Crippen LogP contribution in [0.2, 0.25) is 0 Å². The van der Waals surface area contributed by atoms with E-state index >= 15 is 0 Å². The zero-order valence-electron chi connectivity index (χ0n) is 12.4. The summed E-state index contributed by atoms with van der Waals surface area (Å²) in [7, 11) is -0.541. The highest BCUT2D eigenvalue weighted by Crippen LogP contribution is 2.11. The quantitative estimate of drug-likeness (QED) is 0.578. The fraction of sp³-hybridized carbons (Fsp3) is 0.286. The standard InChI is InChI=1S/C14H18N2O5S/c1-4-9-15-22(19,20)12-7-5-11(6-8-12)14(18)21-10-13(17)16(2)3/h4-8,15H,1,9-10H2,2-3H3. The number of hydrogen-bond donors (Lipinski definition) is 1. The maximum absolute atomic E-state index is 11.8. The number of carbonyl (C=O) groups is 2. The van der Waals surface area contributed by atoms with Gasteiger partial charge in [-0.1, -0.05) is 6.08 Å². The molecular formula is C14H18N2O5S. The van der Waals surface area contributed by atoms with Gasteiger partial charge in [0, 0.05) is 20.6 Å². The van der Waals surface area contributed by atoms with Crippen LogP contribution in [0.1, 0.15) is 10.4 Å². The van der Waals surface area contributed by atoms with Crippen LogP contribution in [0, 0.1) is 0 Å². The first kappa shape index (κ1) is 17.9. The molecule has 1 N–H and O–H groups in total. The summed E-state index contributed by atoms with van der Waals surface area (Å²) in [6.07, 6.45) is 1.42. The molecule has 0 saturated heterocycles. The molecule has 1 amide bonds. The number of nitrogens with zero attached hydrogens (tertiary/aromatic N) is 1. The molecule has 0 heterocycles. The van der Waals surface area contributed by atoms with Gasteiger partial charge in [-0.25, -0.2) is 17.9 Å². The lowest BCUT2D eigenvalue weighted by Crippen LogP contribution is -2.27. The highest BCUT2D eigenvalue weighted by molar-refractivity contribution is 7.89. The van der Waals surface area contributed by atoms with Crippen LogP contribution in [0.15, 0.2) is 41.8 Å². The van der Waals surface area contributed by atoms with Crippen LogP contribution in [-0.2, 0) is 19.6 Å². The molecule has 1 rings (SSSR count). The van der Waals surface area contributed by atoms with Gasteiger partial charge in [0.25, 0.3) is 5.91 Å². The molecule has 0 aliphatic carbocycles. The molecular weight excluding hydrogens is 308 g/mol. The van der Waals surface area contributed by atoms with E-state index in [4.69, 9.17) is 4.74 Å². The van der Waals surface area contributed by atoms with Gasteiger partial charge in [-0.15, -0.1) is 6.58 Å². The number of esters is 1. The molecule has 22 heavy (non-hydrogen) atoms. The molecule has 120 valence electrons. The molecule has 0 radical (unpaired) electrons. The number of ether oxygens (including phenoxy) is 1. The van der Waals surface area contributed by atoms with Crippen LogP contribution in [-0.4, -0.2) is 52.4 Å². The van der Waals surface area contributed by atoms with Crippen molar-refractivity contribution in [3.8, 4) is 0 Å². The molecule has 0 aliphatic heterocycles. The van der Waals surface area contributed by atoms with Crippen molar-refractivity contribution in [1.29, 1.82) is 0 Å². The first-order chi connectivity index (χ1) is 10.3. The minimum absolute atomic E-state index is 0.0234. The Labute approximate surface area is 129 Å². The molecule has 0 bridgehead atoms. The molecule has 0 aliphatic rings. The third-order valence-electron chi connectivity index (χ3n) is 2.64. The molecule has 0 fully saturated rings. The van der Waals surface area contributed by atoms with Gasteiger partial charge >= 0.3 is 5.97 Å². The molecule has 1 aromatic rings. The van der Waals surface area contributed by atoms with Gasteiger partial charge in [0.15, 0.2) is 6.61 Å². The Bertz CT molecular complexity index is 650. The van der Waals surface area contributed by atoms with Crippen LogP contribution in [0.3, 0.4) is 0 Å². The fourth-order valence-corrected chi connectivity index (χ4v) is 2.36. The number of rotatable bonds is 7. The smallest absolute Gasteiger partial charge is 0.338 e. The number of likely N-dealkylation sites (N-methyl/N-ethyl adjacent to an activating group) is 1. The zero-order valence-corrected chi connectivity index (χ0v) is 13.2. The third kappa shape index (κ3) is 4.97. The predicted octanol–water partition coefficient (Wildman–Crippen LogP) is 0.396. The monoisotopic (exact) mass is 326 g/mol. The summed E-state index contributed by atoms with van der Waals surface area (Å²) in [5.74, 6) is -1.04. The van der Waals surface area contributed by atoms with Crippen molar-refractivity contribution in [3.63, 3.8) is 0 Å². The summed E-state index contributed by atoms with van der Waals surface area (Å²) in [5, 5.41) is 0. The van der Waals surface area contributed by atoms with E-state index in [-0.39, 0.29) is 29.5 Å². The second-order valence-electron chi connectivity index (χ2n) is 4.53.